The molecule has 0 fully saturated rings. The molecule has 2 aliphatic carbocycles. The third-order valence-corrected chi connectivity index (χ3v) is 1.66. The molecule has 0 saturated heterocycles. The van der Waals surface area contributed by atoms with E-state index in [1.807, 2.05) is 85.1 Å². The number of allylic oxidation sites excluding steroid dienone is 16. The van der Waals surface area contributed by atoms with Gasteiger partial charge in [-0.05, 0) is 0 Å². The van der Waals surface area contributed by atoms with Crippen LogP contribution < -0.4 is 0 Å². The Morgan fingerprint density at radius 3 is 1.24 bits per heavy atom. The first-order valence-corrected chi connectivity index (χ1v) is 5.15. The van der Waals surface area contributed by atoms with Gasteiger partial charge in [-0.25, -0.2) is 0 Å². The molecule has 1 heteroatoms. The first kappa shape index (κ1) is 15.5. The van der Waals surface area contributed by atoms with Crippen LogP contribution in [-0.4, -0.2) is 0 Å². The van der Waals surface area contributed by atoms with E-state index in [4.69, 9.17) is 0 Å². The Kier molecular flexibility index (Phi) is 11.4. The fraction of sp³-hybridized carbons (Fsp3) is 0. The molecule has 84 valence electrons. The van der Waals surface area contributed by atoms with Crippen molar-refractivity contribution >= 4 is 0 Å². The molecule has 0 saturated carbocycles. The minimum atomic E-state index is 0. The molecule has 0 N–H and O–H groups in total. The Morgan fingerprint density at radius 1 is 0.412 bits per heavy atom. The predicted molar refractivity (Wildman–Crippen MR) is 70.5 cm³/mol. The van der Waals surface area contributed by atoms with Crippen molar-refractivity contribution in [2.75, 3.05) is 0 Å². The van der Waals surface area contributed by atoms with Gasteiger partial charge < -0.3 is 0 Å². The van der Waals surface area contributed by atoms with E-state index in [1.165, 1.54) is 0 Å². The van der Waals surface area contributed by atoms with Gasteiger partial charge in [0.2, 0.25) is 0 Å². The summed E-state index contributed by atoms with van der Waals surface area (Å²) in [7, 11) is 0. The quantitative estimate of drug-likeness (QED) is 0.575. The van der Waals surface area contributed by atoms with Crippen LogP contribution in [0.15, 0.2) is 85.1 Å². The van der Waals surface area contributed by atoms with E-state index in [9.17, 15) is 0 Å². The van der Waals surface area contributed by atoms with Crippen molar-refractivity contribution < 1.29 is 17.4 Å². The van der Waals surface area contributed by atoms with Gasteiger partial charge in [-0.1, -0.05) is 12.2 Å². The van der Waals surface area contributed by atoms with E-state index in [0.29, 0.717) is 0 Å². The van der Waals surface area contributed by atoms with Crippen molar-refractivity contribution in [3.63, 3.8) is 0 Å². The molecule has 0 aliphatic heterocycles. The Morgan fingerprint density at radius 2 is 0.765 bits per heavy atom. The minimum Gasteiger partial charge on any atom is -0.184 e. The molecule has 2 rings (SSSR count). The second kappa shape index (κ2) is 12.5. The molecule has 2 aliphatic rings. The van der Waals surface area contributed by atoms with Crippen molar-refractivity contribution in [2.45, 2.75) is 0 Å². The number of hydrogen-bond acceptors (Lipinski definition) is 0. The van der Waals surface area contributed by atoms with Crippen LogP contribution in [0, 0.1) is 12.2 Å². The van der Waals surface area contributed by atoms with Gasteiger partial charge in [-0.2, -0.15) is 60.8 Å². The van der Waals surface area contributed by atoms with E-state index in [0.717, 1.165) is 0 Å². The van der Waals surface area contributed by atoms with Crippen molar-refractivity contribution in [1.82, 2.24) is 0 Å². The summed E-state index contributed by atoms with van der Waals surface area (Å²) in [6.45, 7) is 0. The molecular weight excluding hydrogens is 244 g/mol. The topological polar surface area (TPSA) is 0 Å². The number of rotatable bonds is 0. The molecule has 0 aromatic heterocycles. The molecule has 0 unspecified atom stereocenters. The summed E-state index contributed by atoms with van der Waals surface area (Å²) in [5.41, 5.74) is 0. The first-order valence-electron chi connectivity index (χ1n) is 5.15. The van der Waals surface area contributed by atoms with Crippen LogP contribution in [-0.2, 0) is 17.4 Å². The van der Waals surface area contributed by atoms with Gasteiger partial charge in [0.25, 0.3) is 0 Å². The molecule has 0 atom stereocenters. The monoisotopic (exact) mass is 258 g/mol. The summed E-state index contributed by atoms with van der Waals surface area (Å²) in [5.74, 6) is 0. The molecule has 0 spiro atoms. The standard InChI is InChI=1S/2C8H7.Cr/c2*1-2-4-6-8-7-5-3-1;/h2*1-7H;/q2*-1;+2. The van der Waals surface area contributed by atoms with Crippen molar-refractivity contribution in [2.24, 2.45) is 0 Å². The summed E-state index contributed by atoms with van der Waals surface area (Å²) in [5, 5.41) is 0. The molecular formula is C16H14Cr. The summed E-state index contributed by atoms with van der Waals surface area (Å²) >= 11 is 0. The van der Waals surface area contributed by atoms with Crippen LogP contribution in [0.3, 0.4) is 0 Å². The maximum absolute atomic E-state index is 2.94. The van der Waals surface area contributed by atoms with Gasteiger partial charge in [-0.15, -0.1) is 24.3 Å². The van der Waals surface area contributed by atoms with Crippen LogP contribution >= 0.6 is 0 Å². The summed E-state index contributed by atoms with van der Waals surface area (Å²) in [6.07, 6.45) is 33.0. The molecule has 0 heterocycles. The van der Waals surface area contributed by atoms with Gasteiger partial charge in [0.1, 0.15) is 0 Å². The van der Waals surface area contributed by atoms with Crippen molar-refractivity contribution in [1.29, 1.82) is 0 Å². The second-order valence-electron chi connectivity index (χ2n) is 2.92. The Labute approximate surface area is 115 Å². The molecule has 0 bridgehead atoms. The fourth-order valence-corrected chi connectivity index (χ4v) is 0.940. The Balaban J connectivity index is 0.000000284. The minimum absolute atomic E-state index is 0. The van der Waals surface area contributed by atoms with E-state index >= 15 is 0 Å². The van der Waals surface area contributed by atoms with Crippen molar-refractivity contribution in [3.8, 4) is 0 Å². The zero-order chi connectivity index (χ0) is 11.3. The van der Waals surface area contributed by atoms with Crippen LogP contribution in [0.2, 0.25) is 0 Å². The van der Waals surface area contributed by atoms with E-state index in [1.54, 1.807) is 0 Å². The molecule has 0 aromatic carbocycles. The molecule has 0 aromatic rings. The van der Waals surface area contributed by atoms with Crippen molar-refractivity contribution in [3.05, 3.63) is 97.2 Å². The van der Waals surface area contributed by atoms with Gasteiger partial charge in [-0.3, -0.25) is 0 Å². The Bertz CT molecular complexity index is 247. The first-order chi connectivity index (χ1) is 8.00. The summed E-state index contributed by atoms with van der Waals surface area (Å²) in [4.78, 5) is 0. The summed E-state index contributed by atoms with van der Waals surface area (Å²) in [6, 6.07) is 0. The average molecular weight is 258 g/mol. The maximum Gasteiger partial charge on any atom is 2.00 e. The third-order valence-electron chi connectivity index (χ3n) is 1.66. The normalized spacial score (nSPS) is 15.1. The van der Waals surface area contributed by atoms with Gasteiger partial charge in [0.15, 0.2) is 0 Å². The van der Waals surface area contributed by atoms with Crippen LogP contribution in [0.5, 0.6) is 0 Å². The zero-order valence-corrected chi connectivity index (χ0v) is 10.8. The number of hydrogen-bond donors (Lipinski definition) is 0. The zero-order valence-electron chi connectivity index (χ0n) is 9.49. The summed E-state index contributed by atoms with van der Waals surface area (Å²) < 4.78 is 0. The molecule has 0 amide bonds. The fourth-order valence-electron chi connectivity index (χ4n) is 0.940. The predicted octanol–water partition coefficient (Wildman–Crippen LogP) is 4.05. The van der Waals surface area contributed by atoms with Crippen LogP contribution in [0.25, 0.3) is 0 Å². The SMILES string of the molecule is [C-]1=CC=CC=CC=C1.[C-]1=CC=CC=CC=C1.[Cr+2]. The van der Waals surface area contributed by atoms with E-state index in [-0.39, 0.29) is 17.4 Å². The molecule has 0 nitrogen and oxygen atoms in total. The van der Waals surface area contributed by atoms with Crippen LogP contribution in [0.1, 0.15) is 0 Å². The van der Waals surface area contributed by atoms with E-state index in [2.05, 4.69) is 12.2 Å². The molecule has 0 radical (unpaired) electrons. The maximum atomic E-state index is 2.94. The average Bonchev–Trinajstić information content (AvgIpc) is 2.15. The molecule has 17 heavy (non-hydrogen) atoms. The third kappa shape index (κ3) is 10.7. The second-order valence-corrected chi connectivity index (χ2v) is 2.92. The smallest absolute Gasteiger partial charge is 0.184 e. The Hall–Kier alpha value is -1.55. The largest absolute Gasteiger partial charge is 2.00 e. The van der Waals surface area contributed by atoms with E-state index < -0.39 is 0 Å². The van der Waals surface area contributed by atoms with Gasteiger partial charge in [0, 0.05) is 0 Å². The van der Waals surface area contributed by atoms with Crippen LogP contribution in [0.4, 0.5) is 0 Å². The van der Waals surface area contributed by atoms with Gasteiger partial charge >= 0.3 is 17.4 Å². The van der Waals surface area contributed by atoms with Gasteiger partial charge in [0.05, 0.1) is 0 Å².